The molecule has 2 N–H and O–H groups in total. The van der Waals surface area contributed by atoms with E-state index in [2.05, 4.69) is 26.6 Å². The van der Waals surface area contributed by atoms with Gasteiger partial charge < -0.3 is 15.4 Å². The van der Waals surface area contributed by atoms with E-state index in [-0.39, 0.29) is 46.5 Å². The number of carbonyl (C=O) groups is 2. The van der Waals surface area contributed by atoms with Gasteiger partial charge in [-0.2, -0.15) is 0 Å². The largest absolute Gasteiger partial charge is 0.463 e. The van der Waals surface area contributed by atoms with Crippen molar-refractivity contribution < 1.29 is 14.3 Å². The fourth-order valence-electron chi connectivity index (χ4n) is 4.18. The van der Waals surface area contributed by atoms with Gasteiger partial charge in [-0.05, 0) is 49.6 Å². The number of anilines is 1. The predicted molar refractivity (Wildman–Crippen MR) is 139 cm³/mol. The number of amides is 2. The molecule has 2 heterocycles. The first kappa shape index (κ1) is 25.5. The molecule has 0 radical (unpaired) electrons. The molecule has 36 heavy (non-hydrogen) atoms. The summed E-state index contributed by atoms with van der Waals surface area (Å²) >= 11 is 12.6. The number of aromatic nitrogens is 3. The van der Waals surface area contributed by atoms with Crippen molar-refractivity contribution in [2.75, 3.05) is 11.9 Å². The lowest BCUT2D eigenvalue weighted by Crippen LogP contribution is -2.36. The zero-order valence-electron chi connectivity index (χ0n) is 19.7. The third-order valence-corrected chi connectivity index (χ3v) is 6.40. The minimum absolute atomic E-state index is 0.0319. The Kier molecular flexibility index (Phi) is 8.14. The van der Waals surface area contributed by atoms with Gasteiger partial charge in [0.05, 0.1) is 16.3 Å². The lowest BCUT2D eigenvalue weighted by atomic mass is 9.95. The summed E-state index contributed by atoms with van der Waals surface area (Å²) in [5.74, 6) is 1.89. The van der Waals surface area contributed by atoms with Crippen LogP contribution in [0.1, 0.15) is 58.5 Å². The molecule has 3 aromatic rings. The number of hydrogen-bond donors (Lipinski definition) is 2. The van der Waals surface area contributed by atoms with Crippen LogP contribution < -0.4 is 15.4 Å². The summed E-state index contributed by atoms with van der Waals surface area (Å²) in [5.41, 5.74) is 1.36. The highest BCUT2D eigenvalue weighted by Gasteiger charge is 2.24. The number of carbonyl (C=O) groups excluding carboxylic acids is 2. The first-order valence-corrected chi connectivity index (χ1v) is 12.3. The van der Waals surface area contributed by atoms with Crippen LogP contribution in [0.2, 0.25) is 10.0 Å². The molecular weight excluding hydrogens is 501 g/mol. The van der Waals surface area contributed by atoms with E-state index in [9.17, 15) is 9.59 Å². The van der Waals surface area contributed by atoms with Crippen LogP contribution in [0.15, 0.2) is 36.5 Å². The molecule has 0 atom stereocenters. The maximum absolute atomic E-state index is 13.5. The molecule has 1 aliphatic rings. The molecule has 10 heteroatoms. The third-order valence-electron chi connectivity index (χ3n) is 5.89. The Morgan fingerprint density at radius 2 is 1.97 bits per heavy atom. The van der Waals surface area contributed by atoms with Gasteiger partial charge >= 0.3 is 0 Å². The molecule has 186 valence electrons. The summed E-state index contributed by atoms with van der Waals surface area (Å²) < 4.78 is 6.70. The molecule has 8 nitrogen and oxygen atoms in total. The van der Waals surface area contributed by atoms with E-state index in [1.165, 1.54) is 23.4 Å². The fraction of sp³-hybridized carbons (Fsp3) is 0.308. The number of ether oxygens (including phenoxy) is 1. The Morgan fingerprint density at radius 1 is 1.19 bits per heavy atom. The van der Waals surface area contributed by atoms with Gasteiger partial charge in [-0.3, -0.25) is 9.59 Å². The van der Waals surface area contributed by atoms with Crippen molar-refractivity contribution in [3.63, 3.8) is 0 Å². The van der Waals surface area contributed by atoms with Crippen LogP contribution in [0.4, 0.5) is 5.69 Å². The van der Waals surface area contributed by atoms with Crippen molar-refractivity contribution in [1.29, 1.82) is 0 Å². The zero-order chi connectivity index (χ0) is 25.7. The van der Waals surface area contributed by atoms with Crippen molar-refractivity contribution in [3.05, 3.63) is 63.4 Å². The number of halogens is 2. The van der Waals surface area contributed by atoms with E-state index in [1.807, 2.05) is 0 Å². The Bertz CT molecular complexity index is 1330. The molecule has 1 saturated carbocycles. The van der Waals surface area contributed by atoms with E-state index >= 15 is 0 Å². The summed E-state index contributed by atoms with van der Waals surface area (Å²) in [6.07, 6.45) is 12.0. The number of nitrogens with one attached hydrogen (secondary N) is 2. The summed E-state index contributed by atoms with van der Waals surface area (Å²) in [7, 11) is 0. The normalized spacial score (nSPS) is 13.6. The second-order valence-electron chi connectivity index (χ2n) is 8.49. The van der Waals surface area contributed by atoms with Gasteiger partial charge in [0.15, 0.2) is 12.4 Å². The molecule has 0 unspecified atom stereocenters. The molecule has 0 bridgehead atoms. The zero-order valence-corrected chi connectivity index (χ0v) is 21.2. The quantitative estimate of drug-likeness (QED) is 0.412. The van der Waals surface area contributed by atoms with Gasteiger partial charge in [0.25, 0.3) is 11.8 Å². The summed E-state index contributed by atoms with van der Waals surface area (Å²) in [6.45, 7) is 1.74. The lowest BCUT2D eigenvalue weighted by molar-refractivity contribution is 0.0928. The predicted octanol–water partition coefficient (Wildman–Crippen LogP) is 5.21. The van der Waals surface area contributed by atoms with Crippen LogP contribution >= 0.6 is 23.2 Å². The van der Waals surface area contributed by atoms with Gasteiger partial charge in [0.2, 0.25) is 5.88 Å². The van der Waals surface area contributed by atoms with Gasteiger partial charge in [0, 0.05) is 23.3 Å². The Labute approximate surface area is 219 Å². The van der Waals surface area contributed by atoms with Crippen LogP contribution in [0.5, 0.6) is 5.88 Å². The average molecular weight is 526 g/mol. The molecule has 0 saturated heterocycles. The monoisotopic (exact) mass is 525 g/mol. The van der Waals surface area contributed by atoms with Gasteiger partial charge in [0.1, 0.15) is 5.69 Å². The number of pyridine rings is 1. The molecule has 0 spiro atoms. The van der Waals surface area contributed by atoms with Crippen molar-refractivity contribution in [2.45, 2.75) is 45.1 Å². The number of terminal acetylenes is 1. The average Bonchev–Trinajstić information content (AvgIpc) is 3.29. The SMILES string of the molecule is C#CCOc1cc(C(=O)Nc2c(C)cc(Cl)cc2C(=O)NC2CCCCC2)n(-c2ncccc2Cl)n1. The Balaban J connectivity index is 1.68. The maximum Gasteiger partial charge on any atom is 0.274 e. The fourth-order valence-corrected chi connectivity index (χ4v) is 4.65. The van der Waals surface area contributed by atoms with E-state index in [0.29, 0.717) is 16.3 Å². The number of benzene rings is 1. The van der Waals surface area contributed by atoms with Crippen LogP contribution in [0.3, 0.4) is 0 Å². The number of aryl methyl sites for hydroxylation is 1. The second-order valence-corrected chi connectivity index (χ2v) is 9.33. The number of nitrogens with zero attached hydrogens (tertiary/aromatic N) is 3. The molecule has 1 aliphatic carbocycles. The van der Waals surface area contributed by atoms with Crippen molar-refractivity contribution in [1.82, 2.24) is 20.1 Å². The molecule has 1 aromatic carbocycles. The minimum atomic E-state index is -0.545. The van der Waals surface area contributed by atoms with Gasteiger partial charge in [-0.25, -0.2) is 9.67 Å². The van der Waals surface area contributed by atoms with Crippen molar-refractivity contribution >= 4 is 40.7 Å². The first-order valence-electron chi connectivity index (χ1n) is 11.6. The molecule has 4 rings (SSSR count). The van der Waals surface area contributed by atoms with Gasteiger partial charge in [-0.1, -0.05) is 48.4 Å². The molecule has 0 aliphatic heterocycles. The van der Waals surface area contributed by atoms with Gasteiger partial charge in [-0.15, -0.1) is 11.5 Å². The second kappa shape index (κ2) is 11.5. The summed E-state index contributed by atoms with van der Waals surface area (Å²) in [4.78, 5) is 31.0. The van der Waals surface area contributed by atoms with E-state index in [4.69, 9.17) is 34.4 Å². The number of hydrogen-bond acceptors (Lipinski definition) is 5. The third kappa shape index (κ3) is 5.81. The highest BCUT2D eigenvalue weighted by atomic mass is 35.5. The standard InChI is InChI=1S/C26H25Cl2N5O3/c1-3-12-36-22-15-21(33(32-22)24-20(28)10-7-11-29-24)26(35)31-23-16(2)13-17(27)14-19(23)25(34)30-18-8-5-4-6-9-18/h1,7,10-11,13-15,18H,4-6,8-9,12H2,2H3,(H,30,34)(H,31,35). The lowest BCUT2D eigenvalue weighted by Gasteiger charge is -2.24. The Morgan fingerprint density at radius 3 is 2.69 bits per heavy atom. The van der Waals surface area contributed by atoms with Crippen LogP contribution in [0.25, 0.3) is 5.82 Å². The smallest absolute Gasteiger partial charge is 0.274 e. The van der Waals surface area contributed by atoms with E-state index in [1.54, 1.807) is 31.2 Å². The van der Waals surface area contributed by atoms with Crippen LogP contribution in [-0.4, -0.2) is 39.2 Å². The summed E-state index contributed by atoms with van der Waals surface area (Å²) in [6, 6.07) is 8.06. The van der Waals surface area contributed by atoms with E-state index in [0.717, 1.165) is 25.7 Å². The molecule has 2 aromatic heterocycles. The molecule has 1 fully saturated rings. The number of rotatable bonds is 7. The highest BCUT2D eigenvalue weighted by Crippen LogP contribution is 2.29. The first-order chi connectivity index (χ1) is 17.4. The van der Waals surface area contributed by atoms with Crippen LogP contribution in [0, 0.1) is 19.3 Å². The highest BCUT2D eigenvalue weighted by molar-refractivity contribution is 6.32. The maximum atomic E-state index is 13.5. The Hall–Kier alpha value is -3.54. The molecular formula is C26H25Cl2N5O3. The summed E-state index contributed by atoms with van der Waals surface area (Å²) in [5, 5.41) is 10.9. The van der Waals surface area contributed by atoms with Crippen molar-refractivity contribution in [2.24, 2.45) is 0 Å². The topological polar surface area (TPSA) is 98.1 Å². The van der Waals surface area contributed by atoms with E-state index < -0.39 is 5.91 Å². The molecule has 2 amide bonds. The van der Waals surface area contributed by atoms with Crippen molar-refractivity contribution in [3.8, 4) is 24.0 Å². The minimum Gasteiger partial charge on any atom is -0.463 e. The van der Waals surface area contributed by atoms with Crippen LogP contribution in [-0.2, 0) is 0 Å².